The molecule has 1 rings (SSSR count). The van der Waals surface area contributed by atoms with Gasteiger partial charge >= 0.3 is 0 Å². The van der Waals surface area contributed by atoms with Crippen LogP contribution in [-0.4, -0.2) is 10.4 Å². The summed E-state index contributed by atoms with van der Waals surface area (Å²) in [6, 6.07) is 0. The average Bonchev–Trinajstić information content (AvgIpc) is 2.10. The molecular formula is C7H10OS2. The average molecular weight is 174 g/mol. The summed E-state index contributed by atoms with van der Waals surface area (Å²) in [5.74, 6) is 0. The standard InChI is InChI=1S/C7H10OS2/c1-4-3-6(5(2)9)7(8)10-4/h4,9H,3H2,1-2H3/b6-5-. The molecule has 1 nitrogen and oxygen atoms in total. The van der Waals surface area contributed by atoms with Crippen molar-refractivity contribution in [2.75, 3.05) is 0 Å². The van der Waals surface area contributed by atoms with Crippen molar-refractivity contribution in [3.63, 3.8) is 0 Å². The van der Waals surface area contributed by atoms with E-state index < -0.39 is 0 Å². The Balaban J connectivity index is 2.83. The molecule has 0 aromatic rings. The lowest BCUT2D eigenvalue weighted by Gasteiger charge is -1.94. The summed E-state index contributed by atoms with van der Waals surface area (Å²) in [4.78, 5) is 12.0. The molecule has 3 heteroatoms. The van der Waals surface area contributed by atoms with Gasteiger partial charge in [0.2, 0.25) is 5.12 Å². The number of hydrogen-bond donors (Lipinski definition) is 1. The maximum Gasteiger partial charge on any atom is 0.216 e. The first-order chi connectivity index (χ1) is 4.61. The molecule has 1 aliphatic heterocycles. The monoisotopic (exact) mass is 174 g/mol. The molecule has 1 aliphatic rings. The summed E-state index contributed by atoms with van der Waals surface area (Å²) in [5, 5.41) is 0.657. The molecule has 0 spiro atoms. The number of rotatable bonds is 0. The van der Waals surface area contributed by atoms with E-state index in [0.717, 1.165) is 16.9 Å². The van der Waals surface area contributed by atoms with Gasteiger partial charge < -0.3 is 0 Å². The number of thiol groups is 1. The fraction of sp³-hybridized carbons (Fsp3) is 0.571. The number of hydrogen-bond acceptors (Lipinski definition) is 3. The van der Waals surface area contributed by atoms with Crippen molar-refractivity contribution >= 4 is 29.5 Å². The minimum absolute atomic E-state index is 0.208. The van der Waals surface area contributed by atoms with Crippen LogP contribution in [0.5, 0.6) is 0 Å². The molecule has 1 unspecified atom stereocenters. The van der Waals surface area contributed by atoms with Crippen LogP contribution in [0.2, 0.25) is 0 Å². The Hall–Kier alpha value is 0.110. The van der Waals surface area contributed by atoms with E-state index in [1.165, 1.54) is 11.8 Å². The normalized spacial score (nSPS) is 31.1. The van der Waals surface area contributed by atoms with Crippen LogP contribution in [0.1, 0.15) is 20.3 Å². The van der Waals surface area contributed by atoms with E-state index in [2.05, 4.69) is 19.6 Å². The molecule has 0 aliphatic carbocycles. The highest BCUT2D eigenvalue weighted by atomic mass is 32.2. The highest BCUT2D eigenvalue weighted by Gasteiger charge is 2.25. The van der Waals surface area contributed by atoms with Crippen LogP contribution in [0.4, 0.5) is 0 Å². The van der Waals surface area contributed by atoms with Gasteiger partial charge in [0.15, 0.2) is 0 Å². The zero-order chi connectivity index (χ0) is 7.72. The molecule has 56 valence electrons. The second-order valence-electron chi connectivity index (χ2n) is 2.48. The predicted molar refractivity (Wildman–Crippen MR) is 48.4 cm³/mol. The molecule has 1 heterocycles. The number of carbonyl (C=O) groups is 1. The van der Waals surface area contributed by atoms with E-state index in [4.69, 9.17) is 0 Å². The van der Waals surface area contributed by atoms with Crippen molar-refractivity contribution < 1.29 is 4.79 Å². The molecule has 0 amide bonds. The minimum atomic E-state index is 0.208. The third-order valence-corrected chi connectivity index (χ3v) is 2.78. The van der Waals surface area contributed by atoms with Crippen LogP contribution in [0.25, 0.3) is 0 Å². The molecule has 0 bridgehead atoms. The van der Waals surface area contributed by atoms with Crippen LogP contribution < -0.4 is 0 Å². The first kappa shape index (κ1) is 8.21. The molecule has 10 heavy (non-hydrogen) atoms. The van der Waals surface area contributed by atoms with E-state index in [9.17, 15) is 4.79 Å². The second kappa shape index (κ2) is 3.01. The third-order valence-electron chi connectivity index (χ3n) is 1.48. The lowest BCUT2D eigenvalue weighted by atomic mass is 10.2. The lowest BCUT2D eigenvalue weighted by Crippen LogP contribution is -1.88. The van der Waals surface area contributed by atoms with E-state index in [1.54, 1.807) is 0 Å². The van der Waals surface area contributed by atoms with E-state index in [0.29, 0.717) is 5.25 Å². The SMILES string of the molecule is C/C(S)=C1\CC(C)SC1=O. The molecule has 0 saturated carbocycles. The Morgan fingerprint density at radius 3 is 2.60 bits per heavy atom. The third kappa shape index (κ3) is 1.58. The van der Waals surface area contributed by atoms with Gasteiger partial charge in [-0.15, -0.1) is 12.6 Å². The van der Waals surface area contributed by atoms with Gasteiger partial charge in [-0.3, -0.25) is 4.79 Å². The first-order valence-corrected chi connectivity index (χ1v) is 4.53. The van der Waals surface area contributed by atoms with E-state index >= 15 is 0 Å². The van der Waals surface area contributed by atoms with Crippen molar-refractivity contribution in [1.82, 2.24) is 0 Å². The van der Waals surface area contributed by atoms with E-state index in [1.807, 2.05) is 6.92 Å². The van der Waals surface area contributed by atoms with Crippen LogP contribution in [-0.2, 0) is 4.79 Å². The highest BCUT2D eigenvalue weighted by Crippen LogP contribution is 2.34. The Morgan fingerprint density at radius 1 is 1.80 bits per heavy atom. The smallest absolute Gasteiger partial charge is 0.216 e. The Labute approximate surface area is 70.7 Å². The summed E-state index contributed by atoms with van der Waals surface area (Å²) in [5.41, 5.74) is 0.904. The lowest BCUT2D eigenvalue weighted by molar-refractivity contribution is -0.107. The van der Waals surface area contributed by atoms with Crippen LogP contribution >= 0.6 is 24.4 Å². The minimum Gasteiger partial charge on any atom is -0.282 e. The molecule has 1 saturated heterocycles. The topological polar surface area (TPSA) is 17.1 Å². The summed E-state index contributed by atoms with van der Waals surface area (Å²) < 4.78 is 0. The number of thioether (sulfide) groups is 1. The molecule has 0 aromatic heterocycles. The molecule has 0 radical (unpaired) electrons. The molecule has 0 N–H and O–H groups in total. The van der Waals surface area contributed by atoms with Gasteiger partial charge in [0.05, 0.1) is 0 Å². The Kier molecular flexibility index (Phi) is 2.47. The Bertz CT molecular complexity index is 192. The van der Waals surface area contributed by atoms with Crippen molar-refractivity contribution in [3.8, 4) is 0 Å². The zero-order valence-electron chi connectivity index (χ0n) is 6.05. The van der Waals surface area contributed by atoms with Crippen molar-refractivity contribution in [1.29, 1.82) is 0 Å². The maximum absolute atomic E-state index is 11.1. The molecule has 1 atom stereocenters. The van der Waals surface area contributed by atoms with Crippen LogP contribution in [0.3, 0.4) is 0 Å². The summed E-state index contributed by atoms with van der Waals surface area (Å²) in [6.07, 6.45) is 0.888. The summed E-state index contributed by atoms with van der Waals surface area (Å²) in [6.45, 7) is 3.93. The predicted octanol–water partition coefficient (Wildman–Crippen LogP) is 2.24. The van der Waals surface area contributed by atoms with Crippen molar-refractivity contribution in [3.05, 3.63) is 10.5 Å². The summed E-state index contributed by atoms with van der Waals surface area (Å²) >= 11 is 5.55. The first-order valence-electron chi connectivity index (χ1n) is 3.21. The quantitative estimate of drug-likeness (QED) is 0.448. The van der Waals surface area contributed by atoms with Gasteiger partial charge in [-0.25, -0.2) is 0 Å². The zero-order valence-corrected chi connectivity index (χ0v) is 7.76. The highest BCUT2D eigenvalue weighted by molar-refractivity contribution is 8.15. The molecular weight excluding hydrogens is 164 g/mol. The number of carbonyl (C=O) groups excluding carboxylic acids is 1. The number of allylic oxidation sites excluding steroid dienone is 1. The van der Waals surface area contributed by atoms with Crippen LogP contribution in [0.15, 0.2) is 10.5 Å². The fourth-order valence-electron chi connectivity index (χ4n) is 0.962. The maximum atomic E-state index is 11.1. The second-order valence-corrected chi connectivity index (χ2v) is 4.57. The van der Waals surface area contributed by atoms with Gasteiger partial charge in [0.1, 0.15) is 0 Å². The Morgan fingerprint density at radius 2 is 2.40 bits per heavy atom. The van der Waals surface area contributed by atoms with Gasteiger partial charge in [-0.05, 0) is 18.2 Å². The summed E-state index contributed by atoms with van der Waals surface area (Å²) in [7, 11) is 0. The van der Waals surface area contributed by atoms with Gasteiger partial charge in [-0.2, -0.15) is 0 Å². The van der Waals surface area contributed by atoms with Gasteiger partial charge in [0, 0.05) is 10.8 Å². The fourth-order valence-corrected chi connectivity index (χ4v) is 2.22. The van der Waals surface area contributed by atoms with Crippen molar-refractivity contribution in [2.24, 2.45) is 0 Å². The van der Waals surface area contributed by atoms with Gasteiger partial charge in [-0.1, -0.05) is 18.7 Å². The van der Waals surface area contributed by atoms with Crippen LogP contribution in [0, 0.1) is 0 Å². The molecule has 1 fully saturated rings. The van der Waals surface area contributed by atoms with E-state index in [-0.39, 0.29) is 5.12 Å². The van der Waals surface area contributed by atoms with Crippen molar-refractivity contribution in [2.45, 2.75) is 25.5 Å². The largest absolute Gasteiger partial charge is 0.282 e. The van der Waals surface area contributed by atoms with Gasteiger partial charge in [0.25, 0.3) is 0 Å². The molecule has 0 aromatic carbocycles.